The summed E-state index contributed by atoms with van der Waals surface area (Å²) < 4.78 is 0. The molecule has 0 bridgehead atoms. The summed E-state index contributed by atoms with van der Waals surface area (Å²) >= 11 is 0. The van der Waals surface area contributed by atoms with Gasteiger partial charge in [0.25, 0.3) is 0 Å². The van der Waals surface area contributed by atoms with Gasteiger partial charge in [0.2, 0.25) is 0 Å². The molecular weight excluding hydrogens is 490 g/mol. The summed E-state index contributed by atoms with van der Waals surface area (Å²) in [6, 6.07) is 0. The Balaban J connectivity index is -0.000000308. The van der Waals surface area contributed by atoms with E-state index in [1.807, 2.05) is 0 Å². The zero-order valence-corrected chi connectivity index (χ0v) is 21.4. The first-order chi connectivity index (χ1) is 9.11. The second-order valence-corrected chi connectivity index (χ2v) is 6.25. The third-order valence-electron chi connectivity index (χ3n) is 5.62. The smallest absolute Gasteiger partial charge is 1.00 e. The number of hydrogen-bond donors (Lipinski definition) is 0. The monoisotopic (exact) mass is 520 g/mol. The Morgan fingerprint density at radius 3 is 0.609 bits per heavy atom. The number of halogens is 2. The molecule has 0 unspecified atom stereocenters. The molecule has 23 heavy (non-hydrogen) atoms. The van der Waals surface area contributed by atoms with Crippen molar-refractivity contribution in [2.45, 2.75) is 69.2 Å². The fourth-order valence-electron chi connectivity index (χ4n) is 2.81. The molecule has 2 aromatic rings. The van der Waals surface area contributed by atoms with Crippen LogP contribution in [-0.4, -0.2) is 0 Å². The van der Waals surface area contributed by atoms with Crippen LogP contribution in [0.3, 0.4) is 0 Å². The van der Waals surface area contributed by atoms with Crippen molar-refractivity contribution in [3.8, 4) is 0 Å². The second kappa shape index (κ2) is 10.9. The van der Waals surface area contributed by atoms with Gasteiger partial charge in [0.1, 0.15) is 0 Å². The molecule has 0 nitrogen and oxygen atoms in total. The summed E-state index contributed by atoms with van der Waals surface area (Å²) in [5.74, 6) is 0. The molecule has 0 fully saturated rings. The van der Waals surface area contributed by atoms with Crippen molar-refractivity contribution in [1.82, 2.24) is 0 Å². The van der Waals surface area contributed by atoms with Gasteiger partial charge in [-0.05, 0) is 0 Å². The quantitative estimate of drug-likeness (QED) is 0.337. The van der Waals surface area contributed by atoms with E-state index in [1.165, 1.54) is 55.6 Å². The van der Waals surface area contributed by atoms with Crippen molar-refractivity contribution in [2.75, 3.05) is 0 Å². The van der Waals surface area contributed by atoms with E-state index in [1.54, 1.807) is 0 Å². The molecule has 128 valence electrons. The first-order valence-corrected chi connectivity index (χ1v) is 7.50. The molecule has 0 radical (unpaired) electrons. The average molecular weight is 520 g/mol. The van der Waals surface area contributed by atoms with Crippen molar-refractivity contribution >= 4 is 0 Å². The van der Waals surface area contributed by atoms with E-state index in [4.69, 9.17) is 0 Å². The van der Waals surface area contributed by atoms with Gasteiger partial charge in [-0.25, -0.2) is 0 Å². The van der Waals surface area contributed by atoms with Gasteiger partial charge in [-0.15, -0.1) is 0 Å². The topological polar surface area (TPSA) is 0 Å². The van der Waals surface area contributed by atoms with Gasteiger partial charge in [0.15, 0.2) is 0 Å². The molecule has 0 aromatic heterocycles. The molecule has 0 amide bonds. The minimum Gasteiger partial charge on any atom is -1.00 e. The molecule has 0 spiro atoms. The predicted molar refractivity (Wildman–Crippen MR) is 91.4 cm³/mol. The summed E-state index contributed by atoms with van der Waals surface area (Å²) in [5.41, 5.74) is 14.7. The van der Waals surface area contributed by atoms with Crippen LogP contribution in [0.25, 0.3) is 0 Å². The van der Waals surface area contributed by atoms with Gasteiger partial charge < -0.3 is 24.8 Å². The minimum absolute atomic E-state index is 0. The van der Waals surface area contributed by atoms with Crippen LogP contribution in [0.15, 0.2) is 0 Å². The molecule has 3 heteroatoms. The van der Waals surface area contributed by atoms with E-state index in [9.17, 15) is 0 Å². The van der Waals surface area contributed by atoms with Crippen LogP contribution in [0.4, 0.5) is 0 Å². The van der Waals surface area contributed by atoms with E-state index in [2.05, 4.69) is 69.2 Å². The fraction of sp³-hybridized carbons (Fsp3) is 0.500. The van der Waals surface area contributed by atoms with Gasteiger partial charge in [-0.3, -0.25) is 0 Å². The SMILES string of the molecule is Cc1c(C)c(C)[c-](C)c1C.Cc1c(C)c(C)[c-](C)c1C.[Cl-].[Cl-].[Hf+4]. The number of hydrogen-bond acceptors (Lipinski definition) is 0. The summed E-state index contributed by atoms with van der Waals surface area (Å²) in [6.45, 7) is 22.0. The van der Waals surface area contributed by atoms with E-state index in [0.717, 1.165) is 0 Å². The summed E-state index contributed by atoms with van der Waals surface area (Å²) in [6.07, 6.45) is 0. The normalized spacial score (nSPS) is 9.13. The van der Waals surface area contributed by atoms with Crippen LogP contribution in [0.2, 0.25) is 0 Å². The molecule has 0 saturated heterocycles. The van der Waals surface area contributed by atoms with Gasteiger partial charge in [-0.2, -0.15) is 55.6 Å². The molecule has 0 aliphatic carbocycles. The van der Waals surface area contributed by atoms with Crippen molar-refractivity contribution in [2.24, 2.45) is 0 Å². The molecule has 0 aliphatic rings. The molecular formula is C20H30Cl2Hf. The summed E-state index contributed by atoms with van der Waals surface area (Å²) in [5, 5.41) is 0. The Morgan fingerprint density at radius 2 is 0.565 bits per heavy atom. The van der Waals surface area contributed by atoms with Crippen molar-refractivity contribution in [1.29, 1.82) is 0 Å². The Hall–Kier alpha value is 0.150. The predicted octanol–water partition coefficient (Wildman–Crippen LogP) is -0.0993. The molecule has 0 heterocycles. The van der Waals surface area contributed by atoms with Gasteiger partial charge >= 0.3 is 25.8 Å². The Kier molecular flexibility index (Phi) is 13.3. The molecule has 0 saturated carbocycles. The summed E-state index contributed by atoms with van der Waals surface area (Å²) in [7, 11) is 0. The molecule has 0 aliphatic heterocycles. The maximum atomic E-state index is 2.20. The van der Waals surface area contributed by atoms with E-state index in [0.29, 0.717) is 0 Å². The first-order valence-electron chi connectivity index (χ1n) is 7.50. The first kappa shape index (κ1) is 28.0. The van der Waals surface area contributed by atoms with Crippen molar-refractivity contribution in [3.63, 3.8) is 0 Å². The second-order valence-electron chi connectivity index (χ2n) is 6.25. The van der Waals surface area contributed by atoms with Crippen LogP contribution in [0, 0.1) is 69.2 Å². The molecule has 0 atom stereocenters. The van der Waals surface area contributed by atoms with Crippen molar-refractivity contribution in [3.05, 3.63) is 55.6 Å². The zero-order chi connectivity index (χ0) is 15.8. The summed E-state index contributed by atoms with van der Waals surface area (Å²) in [4.78, 5) is 0. The minimum atomic E-state index is 0. The van der Waals surface area contributed by atoms with Crippen LogP contribution in [0.5, 0.6) is 0 Å². The molecule has 2 rings (SSSR count). The van der Waals surface area contributed by atoms with Crippen LogP contribution in [0.1, 0.15) is 55.6 Å². The largest absolute Gasteiger partial charge is 4.00 e. The Bertz CT molecular complexity index is 414. The van der Waals surface area contributed by atoms with Gasteiger partial charge in [0, 0.05) is 0 Å². The van der Waals surface area contributed by atoms with Crippen LogP contribution in [-0.2, 0) is 25.8 Å². The maximum Gasteiger partial charge on any atom is 4.00 e. The molecule has 0 N–H and O–H groups in total. The fourth-order valence-corrected chi connectivity index (χ4v) is 2.81. The third kappa shape index (κ3) is 5.58. The van der Waals surface area contributed by atoms with E-state index in [-0.39, 0.29) is 50.7 Å². The zero-order valence-electron chi connectivity index (χ0n) is 16.3. The van der Waals surface area contributed by atoms with Gasteiger partial charge in [-0.1, -0.05) is 69.2 Å². The molecule has 2 aromatic carbocycles. The average Bonchev–Trinajstić information content (AvgIpc) is 2.71. The van der Waals surface area contributed by atoms with Gasteiger partial charge in [0.05, 0.1) is 0 Å². The third-order valence-corrected chi connectivity index (χ3v) is 5.62. The van der Waals surface area contributed by atoms with Crippen LogP contribution >= 0.6 is 0 Å². The van der Waals surface area contributed by atoms with Crippen LogP contribution < -0.4 is 24.8 Å². The van der Waals surface area contributed by atoms with E-state index >= 15 is 0 Å². The number of rotatable bonds is 0. The standard InChI is InChI=1S/2C10H15.2ClH.Hf/c2*1-6-7(2)9(4)10(5)8(6)3;;;/h2*1-5H3;2*1H;/q2*-1;;;+4/p-2. The van der Waals surface area contributed by atoms with Crippen molar-refractivity contribution < 1.29 is 50.7 Å². The van der Waals surface area contributed by atoms with E-state index < -0.39 is 0 Å². The Morgan fingerprint density at radius 1 is 0.435 bits per heavy atom. The maximum absolute atomic E-state index is 2.20. The Labute approximate surface area is 174 Å².